The van der Waals surface area contributed by atoms with E-state index in [0.717, 1.165) is 18.8 Å². The molecule has 0 bridgehead atoms. The molecule has 84 valence electrons. The number of nitrogens with zero attached hydrogens (tertiary/aromatic N) is 2. The average Bonchev–Trinajstić information content (AvgIpc) is 2.65. The van der Waals surface area contributed by atoms with E-state index in [1.807, 2.05) is 24.6 Å². The number of hydrogen-bond donors (Lipinski definition) is 1. The second-order valence-corrected chi connectivity index (χ2v) is 3.75. The zero-order valence-corrected chi connectivity index (χ0v) is 9.44. The molecule has 1 aromatic heterocycles. The number of nitrogens with two attached hydrogens (primary N) is 1. The van der Waals surface area contributed by atoms with Gasteiger partial charge in [0.2, 0.25) is 0 Å². The van der Waals surface area contributed by atoms with E-state index in [1.54, 1.807) is 6.20 Å². The fraction of sp³-hybridized carbons (Fsp3) is 0.636. The van der Waals surface area contributed by atoms with Crippen LogP contribution in [0.3, 0.4) is 0 Å². The topological polar surface area (TPSA) is 60.9 Å². The minimum absolute atomic E-state index is 0.0389. The smallest absolute Gasteiger partial charge is 0.143 e. The Bertz CT molecular complexity index is 319. The SMILES string of the molecule is CCn1ccnc1CC(=O)C(C)CCN. The van der Waals surface area contributed by atoms with E-state index in [0.29, 0.717) is 13.0 Å². The van der Waals surface area contributed by atoms with Crippen LogP contribution in [0.5, 0.6) is 0 Å². The molecule has 0 aromatic carbocycles. The van der Waals surface area contributed by atoms with Crippen LogP contribution in [0.25, 0.3) is 0 Å². The molecule has 0 saturated carbocycles. The largest absolute Gasteiger partial charge is 0.335 e. The highest BCUT2D eigenvalue weighted by Gasteiger charge is 2.14. The molecule has 2 N–H and O–H groups in total. The molecule has 4 nitrogen and oxygen atoms in total. The number of hydrogen-bond acceptors (Lipinski definition) is 3. The highest BCUT2D eigenvalue weighted by Crippen LogP contribution is 2.07. The molecular formula is C11H19N3O. The molecule has 0 aliphatic carbocycles. The van der Waals surface area contributed by atoms with Crippen molar-refractivity contribution in [1.82, 2.24) is 9.55 Å². The molecule has 0 aliphatic heterocycles. The molecule has 0 fully saturated rings. The molecule has 0 aliphatic rings. The van der Waals surface area contributed by atoms with Gasteiger partial charge in [-0.05, 0) is 19.9 Å². The quantitative estimate of drug-likeness (QED) is 0.760. The van der Waals surface area contributed by atoms with Crippen LogP contribution in [-0.2, 0) is 17.8 Å². The Labute approximate surface area is 90.5 Å². The van der Waals surface area contributed by atoms with Crippen LogP contribution in [0, 0.1) is 5.92 Å². The van der Waals surface area contributed by atoms with Gasteiger partial charge in [-0.3, -0.25) is 4.79 Å². The molecule has 4 heteroatoms. The molecule has 1 heterocycles. The summed E-state index contributed by atoms with van der Waals surface area (Å²) < 4.78 is 1.99. The van der Waals surface area contributed by atoms with E-state index < -0.39 is 0 Å². The number of aryl methyl sites for hydroxylation is 1. The Balaban J connectivity index is 2.58. The van der Waals surface area contributed by atoms with Gasteiger partial charge < -0.3 is 10.3 Å². The number of ketones is 1. The van der Waals surface area contributed by atoms with E-state index in [9.17, 15) is 4.79 Å². The maximum atomic E-state index is 11.8. The van der Waals surface area contributed by atoms with Crippen molar-refractivity contribution >= 4 is 5.78 Å². The second-order valence-electron chi connectivity index (χ2n) is 3.75. The molecule has 1 aromatic rings. The lowest BCUT2D eigenvalue weighted by molar-refractivity contribution is -0.122. The Kier molecular flexibility index (Phi) is 4.49. The van der Waals surface area contributed by atoms with E-state index in [-0.39, 0.29) is 11.7 Å². The number of carbonyl (C=O) groups excluding carboxylic acids is 1. The monoisotopic (exact) mass is 209 g/mol. The summed E-state index contributed by atoms with van der Waals surface area (Å²) in [6, 6.07) is 0. The summed E-state index contributed by atoms with van der Waals surface area (Å²) in [6.45, 7) is 5.39. The van der Waals surface area contributed by atoms with Crippen molar-refractivity contribution in [1.29, 1.82) is 0 Å². The molecule has 15 heavy (non-hydrogen) atoms. The van der Waals surface area contributed by atoms with Gasteiger partial charge in [0.25, 0.3) is 0 Å². The first-order chi connectivity index (χ1) is 7.19. The van der Waals surface area contributed by atoms with Gasteiger partial charge in [0, 0.05) is 24.9 Å². The van der Waals surface area contributed by atoms with Crippen LogP contribution in [-0.4, -0.2) is 21.9 Å². The van der Waals surface area contributed by atoms with E-state index in [4.69, 9.17) is 5.73 Å². The standard InChI is InChI=1S/C11H19N3O/c1-3-14-7-6-13-11(14)8-10(15)9(2)4-5-12/h6-7,9H,3-5,8,12H2,1-2H3. The van der Waals surface area contributed by atoms with Crippen LogP contribution < -0.4 is 5.73 Å². The summed E-state index contributed by atoms with van der Waals surface area (Å²) >= 11 is 0. The van der Waals surface area contributed by atoms with Crippen molar-refractivity contribution in [3.8, 4) is 0 Å². The summed E-state index contributed by atoms with van der Waals surface area (Å²) in [5.74, 6) is 1.12. The highest BCUT2D eigenvalue weighted by atomic mass is 16.1. The van der Waals surface area contributed by atoms with Crippen molar-refractivity contribution in [3.63, 3.8) is 0 Å². The summed E-state index contributed by atoms with van der Waals surface area (Å²) in [5.41, 5.74) is 5.42. The minimum Gasteiger partial charge on any atom is -0.335 e. The van der Waals surface area contributed by atoms with Gasteiger partial charge >= 0.3 is 0 Å². The number of Topliss-reactive ketones (excluding diaryl/α,β-unsaturated/α-hetero) is 1. The zero-order valence-electron chi connectivity index (χ0n) is 9.44. The number of imidazole rings is 1. The van der Waals surface area contributed by atoms with E-state index >= 15 is 0 Å². The van der Waals surface area contributed by atoms with Crippen LogP contribution in [0.15, 0.2) is 12.4 Å². The Hall–Kier alpha value is -1.16. The first kappa shape index (κ1) is 11.9. The number of carbonyl (C=O) groups is 1. The van der Waals surface area contributed by atoms with Crippen LogP contribution >= 0.6 is 0 Å². The second kappa shape index (κ2) is 5.66. The maximum Gasteiger partial charge on any atom is 0.143 e. The molecule has 0 saturated heterocycles. The molecular weight excluding hydrogens is 190 g/mol. The Morgan fingerprint density at radius 1 is 1.67 bits per heavy atom. The van der Waals surface area contributed by atoms with Crippen LogP contribution in [0.4, 0.5) is 0 Å². The van der Waals surface area contributed by atoms with Gasteiger partial charge in [-0.1, -0.05) is 6.92 Å². The molecule has 1 rings (SSSR count). The lowest BCUT2D eigenvalue weighted by Gasteiger charge is -2.09. The highest BCUT2D eigenvalue weighted by molar-refractivity contribution is 5.82. The van der Waals surface area contributed by atoms with Gasteiger partial charge in [-0.25, -0.2) is 4.98 Å². The van der Waals surface area contributed by atoms with Crippen molar-refractivity contribution in [3.05, 3.63) is 18.2 Å². The Morgan fingerprint density at radius 2 is 2.40 bits per heavy atom. The van der Waals surface area contributed by atoms with Crippen molar-refractivity contribution in [2.45, 2.75) is 33.2 Å². The van der Waals surface area contributed by atoms with Gasteiger partial charge in [0.15, 0.2) is 0 Å². The normalized spacial score (nSPS) is 12.7. The summed E-state index contributed by atoms with van der Waals surface area (Å²) in [7, 11) is 0. The van der Waals surface area contributed by atoms with Crippen LogP contribution in [0.1, 0.15) is 26.1 Å². The summed E-state index contributed by atoms with van der Waals surface area (Å²) in [5, 5.41) is 0. The van der Waals surface area contributed by atoms with Gasteiger partial charge in [-0.15, -0.1) is 0 Å². The third-order valence-corrected chi connectivity index (χ3v) is 2.62. The fourth-order valence-corrected chi connectivity index (χ4v) is 1.54. The molecule has 1 atom stereocenters. The van der Waals surface area contributed by atoms with Gasteiger partial charge in [0.1, 0.15) is 11.6 Å². The Morgan fingerprint density at radius 3 is 3.00 bits per heavy atom. The average molecular weight is 209 g/mol. The zero-order chi connectivity index (χ0) is 11.3. The van der Waals surface area contributed by atoms with Crippen molar-refractivity contribution in [2.24, 2.45) is 11.7 Å². The van der Waals surface area contributed by atoms with Gasteiger partial charge in [-0.2, -0.15) is 0 Å². The number of rotatable bonds is 6. The van der Waals surface area contributed by atoms with E-state index in [2.05, 4.69) is 4.98 Å². The molecule has 1 unspecified atom stereocenters. The number of aromatic nitrogens is 2. The molecule has 0 radical (unpaired) electrons. The lowest BCUT2D eigenvalue weighted by Crippen LogP contribution is -2.19. The molecule has 0 spiro atoms. The van der Waals surface area contributed by atoms with E-state index in [1.165, 1.54) is 0 Å². The van der Waals surface area contributed by atoms with Crippen molar-refractivity contribution < 1.29 is 4.79 Å². The first-order valence-corrected chi connectivity index (χ1v) is 5.41. The fourth-order valence-electron chi connectivity index (χ4n) is 1.54. The molecule has 0 amide bonds. The third kappa shape index (κ3) is 3.16. The predicted molar refractivity (Wildman–Crippen MR) is 59.4 cm³/mol. The van der Waals surface area contributed by atoms with Crippen molar-refractivity contribution in [2.75, 3.05) is 6.54 Å². The third-order valence-electron chi connectivity index (χ3n) is 2.62. The lowest BCUT2D eigenvalue weighted by atomic mass is 10.00. The summed E-state index contributed by atoms with van der Waals surface area (Å²) in [4.78, 5) is 15.9. The summed E-state index contributed by atoms with van der Waals surface area (Å²) in [6.07, 6.45) is 4.81. The first-order valence-electron chi connectivity index (χ1n) is 5.41. The van der Waals surface area contributed by atoms with Gasteiger partial charge in [0.05, 0.1) is 6.42 Å². The van der Waals surface area contributed by atoms with Crippen LogP contribution in [0.2, 0.25) is 0 Å². The minimum atomic E-state index is 0.0389. The maximum absolute atomic E-state index is 11.8. The predicted octanol–water partition coefficient (Wildman–Crippen LogP) is 0.999.